The van der Waals surface area contributed by atoms with E-state index in [-0.39, 0.29) is 12.1 Å². The van der Waals surface area contributed by atoms with Crippen molar-refractivity contribution < 1.29 is 0 Å². The highest BCUT2D eigenvalue weighted by Crippen LogP contribution is 2.20. The minimum Gasteiger partial charge on any atom is -0.302 e. The van der Waals surface area contributed by atoms with Crippen LogP contribution in [0.2, 0.25) is 5.02 Å². The second kappa shape index (κ2) is 5.55. The number of hydrogen-bond donors (Lipinski definition) is 1. The van der Waals surface area contributed by atoms with E-state index in [4.69, 9.17) is 11.6 Å². The first kappa shape index (κ1) is 13.1. The Hall–Kier alpha value is -1.32. The van der Waals surface area contributed by atoms with Gasteiger partial charge >= 0.3 is 0 Å². The molecule has 0 aliphatic carbocycles. The average molecular weight is 264 g/mol. The molecular formula is C14H18ClN3. The third kappa shape index (κ3) is 2.92. The van der Waals surface area contributed by atoms with Crippen LogP contribution in [0.15, 0.2) is 36.5 Å². The van der Waals surface area contributed by atoms with Gasteiger partial charge in [0.05, 0.1) is 5.69 Å². The van der Waals surface area contributed by atoms with E-state index in [9.17, 15) is 0 Å². The third-order valence-electron chi connectivity index (χ3n) is 3.17. The SMILES string of the molecule is CC(N[C@@H](C)c1ccc(Cl)cc1)c1ccnn1C. The molecule has 1 heterocycles. The minimum atomic E-state index is 0.253. The molecule has 1 N–H and O–H groups in total. The molecule has 0 amide bonds. The maximum absolute atomic E-state index is 5.89. The van der Waals surface area contributed by atoms with E-state index in [0.717, 1.165) is 5.02 Å². The van der Waals surface area contributed by atoms with Gasteiger partial charge in [0.15, 0.2) is 0 Å². The van der Waals surface area contributed by atoms with E-state index in [1.807, 2.05) is 36.1 Å². The van der Waals surface area contributed by atoms with Crippen LogP contribution in [-0.4, -0.2) is 9.78 Å². The first-order valence-electron chi connectivity index (χ1n) is 6.07. The van der Waals surface area contributed by atoms with Gasteiger partial charge in [-0.15, -0.1) is 0 Å². The molecule has 0 saturated carbocycles. The summed E-state index contributed by atoms with van der Waals surface area (Å²) in [7, 11) is 1.96. The maximum Gasteiger partial charge on any atom is 0.0547 e. The summed E-state index contributed by atoms with van der Waals surface area (Å²) < 4.78 is 1.90. The highest BCUT2D eigenvalue weighted by atomic mass is 35.5. The fourth-order valence-corrected chi connectivity index (χ4v) is 2.24. The van der Waals surface area contributed by atoms with Crippen LogP contribution in [0, 0.1) is 0 Å². The standard InChI is InChI=1S/C14H18ClN3/c1-10(12-4-6-13(15)7-5-12)17-11(2)14-8-9-16-18(14)3/h4-11,17H,1-3H3/t10-,11?/m0/s1. The zero-order valence-corrected chi connectivity index (χ0v) is 11.6. The Morgan fingerprint density at radius 2 is 1.78 bits per heavy atom. The molecule has 0 aliphatic rings. The number of benzene rings is 1. The summed E-state index contributed by atoms with van der Waals surface area (Å²) in [6.07, 6.45) is 1.82. The molecule has 0 bridgehead atoms. The fourth-order valence-electron chi connectivity index (χ4n) is 2.12. The average Bonchev–Trinajstić information content (AvgIpc) is 2.76. The molecule has 1 aromatic heterocycles. The summed E-state index contributed by atoms with van der Waals surface area (Å²) in [5.41, 5.74) is 2.41. The quantitative estimate of drug-likeness (QED) is 0.915. The number of aryl methyl sites for hydroxylation is 1. The monoisotopic (exact) mass is 263 g/mol. The van der Waals surface area contributed by atoms with Gasteiger partial charge in [0.2, 0.25) is 0 Å². The van der Waals surface area contributed by atoms with Crippen molar-refractivity contribution in [2.75, 3.05) is 0 Å². The van der Waals surface area contributed by atoms with Crippen molar-refractivity contribution in [3.63, 3.8) is 0 Å². The topological polar surface area (TPSA) is 29.9 Å². The predicted octanol–water partition coefficient (Wildman–Crippen LogP) is 3.49. The second-order valence-corrected chi connectivity index (χ2v) is 4.98. The molecule has 0 fully saturated rings. The summed E-state index contributed by atoms with van der Waals surface area (Å²) >= 11 is 5.89. The number of nitrogens with one attached hydrogen (secondary N) is 1. The van der Waals surface area contributed by atoms with Gasteiger partial charge in [-0.1, -0.05) is 23.7 Å². The fraction of sp³-hybridized carbons (Fsp3) is 0.357. The zero-order valence-electron chi connectivity index (χ0n) is 10.9. The first-order valence-corrected chi connectivity index (χ1v) is 6.45. The molecule has 2 atom stereocenters. The largest absolute Gasteiger partial charge is 0.302 e. The summed E-state index contributed by atoms with van der Waals surface area (Å²) in [6.45, 7) is 4.29. The number of nitrogens with zero attached hydrogens (tertiary/aromatic N) is 2. The van der Waals surface area contributed by atoms with Crippen LogP contribution in [0.3, 0.4) is 0 Å². The van der Waals surface area contributed by atoms with Gasteiger partial charge in [0.1, 0.15) is 0 Å². The van der Waals surface area contributed by atoms with Gasteiger partial charge in [0.25, 0.3) is 0 Å². The summed E-state index contributed by atoms with van der Waals surface area (Å²) in [5, 5.41) is 8.51. The highest BCUT2D eigenvalue weighted by molar-refractivity contribution is 6.30. The lowest BCUT2D eigenvalue weighted by Crippen LogP contribution is -2.24. The summed E-state index contributed by atoms with van der Waals surface area (Å²) in [4.78, 5) is 0. The predicted molar refractivity (Wildman–Crippen MR) is 74.6 cm³/mol. The number of rotatable bonds is 4. The molecule has 0 saturated heterocycles. The van der Waals surface area contributed by atoms with E-state index in [2.05, 4.69) is 36.4 Å². The smallest absolute Gasteiger partial charge is 0.0547 e. The van der Waals surface area contributed by atoms with Crippen LogP contribution in [-0.2, 0) is 7.05 Å². The van der Waals surface area contributed by atoms with Crippen molar-refractivity contribution in [2.24, 2.45) is 7.05 Å². The van der Waals surface area contributed by atoms with E-state index in [1.165, 1.54) is 11.3 Å². The Morgan fingerprint density at radius 1 is 1.11 bits per heavy atom. The van der Waals surface area contributed by atoms with Gasteiger partial charge in [-0.05, 0) is 37.6 Å². The van der Waals surface area contributed by atoms with Crippen LogP contribution in [0.25, 0.3) is 0 Å². The van der Waals surface area contributed by atoms with Gasteiger partial charge in [0, 0.05) is 30.4 Å². The summed E-state index contributed by atoms with van der Waals surface area (Å²) in [6, 6.07) is 10.5. The van der Waals surface area contributed by atoms with Gasteiger partial charge in [-0.25, -0.2) is 0 Å². The molecule has 4 heteroatoms. The van der Waals surface area contributed by atoms with Crippen molar-refractivity contribution >= 4 is 11.6 Å². The van der Waals surface area contributed by atoms with E-state index in [1.54, 1.807) is 0 Å². The Labute approximate surface area is 113 Å². The van der Waals surface area contributed by atoms with Crippen LogP contribution in [0.4, 0.5) is 0 Å². The second-order valence-electron chi connectivity index (χ2n) is 4.54. The van der Waals surface area contributed by atoms with E-state index in [0.29, 0.717) is 0 Å². The van der Waals surface area contributed by atoms with Crippen LogP contribution < -0.4 is 5.32 Å². The van der Waals surface area contributed by atoms with Gasteiger partial charge in [-0.2, -0.15) is 5.10 Å². The lowest BCUT2D eigenvalue weighted by molar-refractivity contribution is 0.469. The van der Waals surface area contributed by atoms with Crippen LogP contribution >= 0.6 is 11.6 Å². The molecule has 0 aliphatic heterocycles. The lowest BCUT2D eigenvalue weighted by Gasteiger charge is -2.20. The molecule has 1 unspecified atom stereocenters. The number of hydrogen-bond acceptors (Lipinski definition) is 2. The lowest BCUT2D eigenvalue weighted by atomic mass is 10.1. The normalized spacial score (nSPS) is 14.4. The molecule has 3 nitrogen and oxygen atoms in total. The molecule has 1 aromatic carbocycles. The molecule has 18 heavy (non-hydrogen) atoms. The third-order valence-corrected chi connectivity index (χ3v) is 3.42. The number of aromatic nitrogens is 2. The van der Waals surface area contributed by atoms with E-state index >= 15 is 0 Å². The Morgan fingerprint density at radius 3 is 2.33 bits per heavy atom. The van der Waals surface area contributed by atoms with Crippen molar-refractivity contribution in [1.29, 1.82) is 0 Å². The van der Waals surface area contributed by atoms with Gasteiger partial charge in [-0.3, -0.25) is 4.68 Å². The molecule has 0 radical (unpaired) electrons. The molecule has 0 spiro atoms. The van der Waals surface area contributed by atoms with Crippen molar-refractivity contribution in [2.45, 2.75) is 25.9 Å². The van der Waals surface area contributed by atoms with Crippen LogP contribution in [0.1, 0.15) is 37.2 Å². The molecule has 2 rings (SSSR count). The zero-order chi connectivity index (χ0) is 13.1. The van der Waals surface area contributed by atoms with Crippen molar-refractivity contribution in [3.05, 3.63) is 52.8 Å². The van der Waals surface area contributed by atoms with Gasteiger partial charge < -0.3 is 5.32 Å². The Kier molecular flexibility index (Phi) is 4.04. The molecule has 2 aromatic rings. The van der Waals surface area contributed by atoms with Crippen molar-refractivity contribution in [3.8, 4) is 0 Å². The molecule has 96 valence electrons. The maximum atomic E-state index is 5.89. The summed E-state index contributed by atoms with van der Waals surface area (Å²) in [5.74, 6) is 0. The Bertz CT molecular complexity index is 504. The number of halogens is 1. The minimum absolute atomic E-state index is 0.253. The van der Waals surface area contributed by atoms with E-state index < -0.39 is 0 Å². The van der Waals surface area contributed by atoms with Crippen molar-refractivity contribution in [1.82, 2.24) is 15.1 Å². The van der Waals surface area contributed by atoms with Crippen LogP contribution in [0.5, 0.6) is 0 Å². The Balaban J connectivity index is 2.05. The first-order chi connectivity index (χ1) is 8.58. The molecular weight excluding hydrogens is 246 g/mol. The highest BCUT2D eigenvalue weighted by Gasteiger charge is 2.13.